The lowest BCUT2D eigenvalue weighted by molar-refractivity contribution is -0.131. The van der Waals surface area contributed by atoms with E-state index in [9.17, 15) is 4.79 Å². The highest BCUT2D eigenvalue weighted by atomic mass is 16.5. The van der Waals surface area contributed by atoms with E-state index in [1.807, 2.05) is 32.0 Å². The van der Waals surface area contributed by atoms with Crippen LogP contribution in [0.2, 0.25) is 0 Å². The number of ether oxygens (including phenoxy) is 1. The Morgan fingerprint density at radius 3 is 2.80 bits per heavy atom. The summed E-state index contributed by atoms with van der Waals surface area (Å²) in [6.07, 6.45) is 2.68. The molecule has 0 spiro atoms. The summed E-state index contributed by atoms with van der Waals surface area (Å²) in [4.78, 5) is 10.3. The molecule has 0 heterocycles. The Morgan fingerprint density at radius 1 is 1.53 bits per heavy atom. The van der Waals surface area contributed by atoms with Crippen molar-refractivity contribution in [2.45, 2.75) is 13.8 Å². The monoisotopic (exact) mass is 206 g/mol. The first-order valence-corrected chi connectivity index (χ1v) is 4.78. The molecular weight excluding hydrogens is 192 g/mol. The summed E-state index contributed by atoms with van der Waals surface area (Å²) in [6.45, 7) is 4.49. The summed E-state index contributed by atoms with van der Waals surface area (Å²) in [5.74, 6) is -0.105. The Kier molecular flexibility index (Phi) is 3.92. The van der Waals surface area contributed by atoms with Gasteiger partial charge in [0.25, 0.3) is 0 Å². The minimum absolute atomic E-state index is 0.630. The molecule has 0 radical (unpaired) electrons. The van der Waals surface area contributed by atoms with Crippen LogP contribution >= 0.6 is 0 Å². The van der Waals surface area contributed by atoms with Gasteiger partial charge in [-0.2, -0.15) is 0 Å². The fourth-order valence-electron chi connectivity index (χ4n) is 1.26. The van der Waals surface area contributed by atoms with Crippen LogP contribution in [0.4, 0.5) is 0 Å². The first-order valence-electron chi connectivity index (χ1n) is 4.78. The third-order valence-corrected chi connectivity index (χ3v) is 1.92. The maximum atomic E-state index is 10.3. The van der Waals surface area contributed by atoms with Gasteiger partial charge in [-0.1, -0.05) is 6.07 Å². The molecule has 1 aromatic rings. The third-order valence-electron chi connectivity index (χ3n) is 1.92. The number of hydrogen-bond acceptors (Lipinski definition) is 2. The summed E-state index contributed by atoms with van der Waals surface area (Å²) < 4.78 is 5.38. The van der Waals surface area contributed by atoms with Gasteiger partial charge in [-0.25, -0.2) is 4.79 Å². The molecule has 3 nitrogen and oxygen atoms in total. The van der Waals surface area contributed by atoms with Crippen molar-refractivity contribution in [1.82, 2.24) is 0 Å². The fourth-order valence-corrected chi connectivity index (χ4v) is 1.26. The fraction of sp³-hybridized carbons (Fsp3) is 0.250. The van der Waals surface area contributed by atoms with E-state index in [1.165, 1.54) is 0 Å². The van der Waals surface area contributed by atoms with Gasteiger partial charge < -0.3 is 9.84 Å². The van der Waals surface area contributed by atoms with E-state index in [1.54, 1.807) is 6.08 Å². The highest BCUT2D eigenvalue weighted by molar-refractivity contribution is 5.85. The molecule has 0 amide bonds. The molecule has 0 aromatic heterocycles. The maximum absolute atomic E-state index is 10.3. The summed E-state index contributed by atoms with van der Waals surface area (Å²) in [7, 11) is 0. The first-order chi connectivity index (χ1) is 7.13. The van der Waals surface area contributed by atoms with Crippen molar-refractivity contribution in [1.29, 1.82) is 0 Å². The van der Waals surface area contributed by atoms with Crippen LogP contribution in [-0.2, 0) is 4.79 Å². The Bertz CT molecular complexity index is 380. The van der Waals surface area contributed by atoms with Crippen molar-refractivity contribution >= 4 is 12.0 Å². The Morgan fingerprint density at radius 2 is 2.27 bits per heavy atom. The van der Waals surface area contributed by atoms with Crippen LogP contribution in [0, 0.1) is 6.92 Å². The van der Waals surface area contributed by atoms with Crippen molar-refractivity contribution in [3.63, 3.8) is 0 Å². The van der Waals surface area contributed by atoms with E-state index >= 15 is 0 Å². The van der Waals surface area contributed by atoms with Crippen molar-refractivity contribution in [3.05, 3.63) is 35.4 Å². The maximum Gasteiger partial charge on any atom is 0.328 e. The van der Waals surface area contributed by atoms with E-state index < -0.39 is 5.97 Å². The van der Waals surface area contributed by atoms with Gasteiger partial charge >= 0.3 is 5.97 Å². The van der Waals surface area contributed by atoms with Crippen LogP contribution in [0.25, 0.3) is 6.08 Å². The van der Waals surface area contributed by atoms with Crippen LogP contribution in [0.5, 0.6) is 5.75 Å². The molecule has 1 rings (SSSR count). The number of aliphatic carboxylic acids is 1. The molecule has 3 heteroatoms. The van der Waals surface area contributed by atoms with E-state index in [4.69, 9.17) is 9.84 Å². The normalized spacial score (nSPS) is 10.5. The first kappa shape index (κ1) is 11.3. The van der Waals surface area contributed by atoms with Crippen molar-refractivity contribution < 1.29 is 14.6 Å². The standard InChI is InChI=1S/C12H14O3/c1-3-15-11-6-4-10(8-9(11)2)5-7-12(13)14/h4-8H,3H2,1-2H3,(H,13,14)/b7-5-. The smallest absolute Gasteiger partial charge is 0.328 e. The van der Waals surface area contributed by atoms with Crippen molar-refractivity contribution in [3.8, 4) is 5.75 Å². The average molecular weight is 206 g/mol. The van der Waals surface area contributed by atoms with Crippen LogP contribution in [0.15, 0.2) is 24.3 Å². The molecule has 0 atom stereocenters. The minimum atomic E-state index is -0.943. The van der Waals surface area contributed by atoms with Gasteiger partial charge in [-0.3, -0.25) is 0 Å². The molecular formula is C12H14O3. The molecule has 0 unspecified atom stereocenters. The number of carbonyl (C=O) groups is 1. The zero-order chi connectivity index (χ0) is 11.3. The minimum Gasteiger partial charge on any atom is -0.494 e. The molecule has 80 valence electrons. The van der Waals surface area contributed by atoms with Crippen molar-refractivity contribution in [2.75, 3.05) is 6.61 Å². The topological polar surface area (TPSA) is 46.5 Å². The average Bonchev–Trinajstić information content (AvgIpc) is 2.19. The second-order valence-corrected chi connectivity index (χ2v) is 3.13. The second kappa shape index (κ2) is 5.20. The molecule has 0 aliphatic rings. The van der Waals surface area contributed by atoms with Gasteiger partial charge in [0, 0.05) is 6.08 Å². The number of benzene rings is 1. The Labute approximate surface area is 89.0 Å². The number of hydrogen-bond donors (Lipinski definition) is 1. The molecule has 0 fully saturated rings. The Balaban J connectivity index is 2.86. The highest BCUT2D eigenvalue weighted by Crippen LogP contribution is 2.19. The molecule has 1 N–H and O–H groups in total. The summed E-state index contributed by atoms with van der Waals surface area (Å²) in [5, 5.41) is 8.47. The van der Waals surface area contributed by atoms with Gasteiger partial charge in [0.1, 0.15) is 5.75 Å². The quantitative estimate of drug-likeness (QED) is 0.770. The number of carboxylic acid groups (broad SMARTS) is 1. The second-order valence-electron chi connectivity index (χ2n) is 3.13. The van der Waals surface area contributed by atoms with E-state index in [0.717, 1.165) is 23.0 Å². The summed E-state index contributed by atoms with van der Waals surface area (Å²) in [5.41, 5.74) is 1.86. The SMILES string of the molecule is CCOc1ccc(/C=C\C(=O)O)cc1C. The van der Waals surface area contributed by atoms with Crippen LogP contribution < -0.4 is 4.74 Å². The lowest BCUT2D eigenvalue weighted by Crippen LogP contribution is -1.94. The van der Waals surface area contributed by atoms with E-state index in [2.05, 4.69) is 0 Å². The molecule has 0 saturated carbocycles. The van der Waals surface area contributed by atoms with Gasteiger partial charge in [0.05, 0.1) is 6.61 Å². The third kappa shape index (κ3) is 3.46. The number of aryl methyl sites for hydroxylation is 1. The number of carboxylic acids is 1. The van der Waals surface area contributed by atoms with Gasteiger partial charge in [0.2, 0.25) is 0 Å². The van der Waals surface area contributed by atoms with Gasteiger partial charge in [0.15, 0.2) is 0 Å². The lowest BCUT2D eigenvalue weighted by atomic mass is 10.1. The van der Waals surface area contributed by atoms with Crippen LogP contribution in [0.1, 0.15) is 18.1 Å². The largest absolute Gasteiger partial charge is 0.494 e. The van der Waals surface area contributed by atoms with E-state index in [0.29, 0.717) is 6.61 Å². The predicted molar refractivity (Wildman–Crippen MR) is 59.0 cm³/mol. The molecule has 15 heavy (non-hydrogen) atoms. The predicted octanol–water partition coefficient (Wildman–Crippen LogP) is 2.49. The molecule has 1 aromatic carbocycles. The molecule has 0 aliphatic heterocycles. The highest BCUT2D eigenvalue weighted by Gasteiger charge is 1.98. The van der Waals surface area contributed by atoms with Crippen molar-refractivity contribution in [2.24, 2.45) is 0 Å². The van der Waals surface area contributed by atoms with E-state index in [-0.39, 0.29) is 0 Å². The zero-order valence-corrected chi connectivity index (χ0v) is 8.86. The summed E-state index contributed by atoms with van der Waals surface area (Å²) in [6, 6.07) is 5.57. The molecule has 0 bridgehead atoms. The molecule has 0 saturated heterocycles. The van der Waals surface area contributed by atoms with Gasteiger partial charge in [-0.05, 0) is 43.2 Å². The zero-order valence-electron chi connectivity index (χ0n) is 8.86. The number of rotatable bonds is 4. The Hall–Kier alpha value is -1.77. The van der Waals surface area contributed by atoms with Gasteiger partial charge in [-0.15, -0.1) is 0 Å². The molecule has 0 aliphatic carbocycles. The lowest BCUT2D eigenvalue weighted by Gasteiger charge is -2.06. The summed E-state index contributed by atoms with van der Waals surface area (Å²) >= 11 is 0. The van der Waals surface area contributed by atoms with Crippen LogP contribution in [-0.4, -0.2) is 17.7 Å². The van der Waals surface area contributed by atoms with Crippen LogP contribution in [0.3, 0.4) is 0 Å².